The van der Waals surface area contributed by atoms with Crippen LogP contribution in [0.3, 0.4) is 0 Å². The van der Waals surface area contributed by atoms with Crippen LogP contribution in [-0.2, 0) is 0 Å². The van der Waals surface area contributed by atoms with Crippen molar-refractivity contribution in [3.63, 3.8) is 0 Å². The first-order chi connectivity index (χ1) is 6.18. The quantitative estimate of drug-likeness (QED) is 0.732. The van der Waals surface area contributed by atoms with Gasteiger partial charge in [0.1, 0.15) is 5.52 Å². The van der Waals surface area contributed by atoms with E-state index >= 15 is 0 Å². The molecule has 0 aliphatic heterocycles. The van der Waals surface area contributed by atoms with E-state index in [9.17, 15) is 4.79 Å². The van der Waals surface area contributed by atoms with E-state index in [0.29, 0.717) is 11.0 Å². The molecule has 4 nitrogen and oxygen atoms in total. The Morgan fingerprint density at radius 1 is 1.54 bits per heavy atom. The number of hydrogen-bond donors (Lipinski definition) is 2. The number of para-hydroxylation sites is 1. The molecule has 0 aliphatic carbocycles. The molecule has 1 heterocycles. The lowest BCUT2D eigenvalue weighted by molar-refractivity contribution is 0.0699. The molecule has 66 valence electrons. The minimum Gasteiger partial charge on any atom is -0.478 e. The lowest BCUT2D eigenvalue weighted by Crippen LogP contribution is -1.96. The average Bonchev–Trinajstić information content (AvgIpc) is 2.43. The van der Waals surface area contributed by atoms with Crippen LogP contribution in [0, 0.1) is 0 Å². The predicted molar refractivity (Wildman–Crippen MR) is 48.1 cm³/mol. The van der Waals surface area contributed by atoms with Gasteiger partial charge in [-0.2, -0.15) is 0 Å². The molecule has 13 heavy (non-hydrogen) atoms. The molecule has 0 aliphatic rings. The molecule has 0 spiro atoms. The molecule has 0 bridgehead atoms. The number of aromatic nitrogens is 2. The summed E-state index contributed by atoms with van der Waals surface area (Å²) in [6, 6.07) is 4.85. The van der Waals surface area contributed by atoms with E-state index < -0.39 is 5.97 Å². The molecular formula is C8H5ClN2O2. The van der Waals surface area contributed by atoms with Crippen LogP contribution >= 0.6 is 11.6 Å². The van der Waals surface area contributed by atoms with Crippen molar-refractivity contribution in [2.75, 3.05) is 0 Å². The Hall–Kier alpha value is -1.55. The highest BCUT2D eigenvalue weighted by Crippen LogP contribution is 2.18. The summed E-state index contributed by atoms with van der Waals surface area (Å²) in [6.45, 7) is 0. The number of imidazole rings is 1. The molecule has 1 aromatic heterocycles. The zero-order valence-electron chi connectivity index (χ0n) is 6.41. The second-order valence-electron chi connectivity index (χ2n) is 2.53. The number of rotatable bonds is 1. The Balaban J connectivity index is 2.82. The molecule has 2 N–H and O–H groups in total. The van der Waals surface area contributed by atoms with Crippen LogP contribution in [0.5, 0.6) is 0 Å². The third-order valence-corrected chi connectivity index (χ3v) is 1.89. The number of carboxylic acid groups (broad SMARTS) is 1. The summed E-state index contributed by atoms with van der Waals surface area (Å²) in [5.41, 5.74) is 1.17. The molecule has 2 aromatic rings. The number of H-pyrrole nitrogens is 1. The van der Waals surface area contributed by atoms with E-state index in [-0.39, 0.29) is 10.8 Å². The lowest BCUT2D eigenvalue weighted by Gasteiger charge is -1.93. The minimum absolute atomic E-state index is 0.153. The SMILES string of the molecule is O=C(O)c1cccc2[nH]c(Cl)nc12. The van der Waals surface area contributed by atoms with Crippen LogP contribution in [0.15, 0.2) is 18.2 Å². The summed E-state index contributed by atoms with van der Waals surface area (Å²) in [5, 5.41) is 8.99. The highest BCUT2D eigenvalue weighted by Gasteiger charge is 2.10. The van der Waals surface area contributed by atoms with Gasteiger partial charge in [0.05, 0.1) is 11.1 Å². The van der Waals surface area contributed by atoms with Gasteiger partial charge in [-0.1, -0.05) is 6.07 Å². The minimum atomic E-state index is -1.01. The second-order valence-corrected chi connectivity index (χ2v) is 2.89. The number of benzene rings is 1. The number of hydrogen-bond acceptors (Lipinski definition) is 2. The fraction of sp³-hybridized carbons (Fsp3) is 0. The van der Waals surface area contributed by atoms with Gasteiger partial charge in [0.15, 0.2) is 0 Å². The topological polar surface area (TPSA) is 66.0 Å². The molecule has 0 fully saturated rings. The number of carboxylic acids is 1. The van der Waals surface area contributed by atoms with Crippen LogP contribution in [0.4, 0.5) is 0 Å². The second kappa shape index (κ2) is 2.74. The summed E-state index contributed by atoms with van der Waals surface area (Å²) in [4.78, 5) is 17.3. The number of halogens is 1. The van der Waals surface area contributed by atoms with Crippen molar-refractivity contribution in [3.05, 3.63) is 29.0 Å². The predicted octanol–water partition coefficient (Wildman–Crippen LogP) is 1.91. The fourth-order valence-electron chi connectivity index (χ4n) is 1.17. The molecule has 0 atom stereocenters. The van der Waals surface area contributed by atoms with Crippen LogP contribution in [0.25, 0.3) is 11.0 Å². The van der Waals surface area contributed by atoms with Crippen molar-refractivity contribution < 1.29 is 9.90 Å². The monoisotopic (exact) mass is 196 g/mol. The summed E-state index contributed by atoms with van der Waals surface area (Å²) in [6.07, 6.45) is 0. The first-order valence-corrected chi connectivity index (χ1v) is 3.94. The van der Waals surface area contributed by atoms with Gasteiger partial charge in [-0.3, -0.25) is 0 Å². The first kappa shape index (κ1) is 8.07. The number of carbonyl (C=O) groups is 1. The van der Waals surface area contributed by atoms with Gasteiger partial charge in [0, 0.05) is 0 Å². The standard InChI is InChI=1S/C8H5ClN2O2/c9-8-10-5-3-1-2-4(7(12)13)6(5)11-8/h1-3H,(H,10,11)(H,12,13). The molecule has 0 saturated carbocycles. The summed E-state index contributed by atoms with van der Waals surface area (Å²) in [5.74, 6) is -1.01. The van der Waals surface area contributed by atoms with E-state index in [4.69, 9.17) is 16.7 Å². The van der Waals surface area contributed by atoms with Gasteiger partial charge in [-0.25, -0.2) is 9.78 Å². The largest absolute Gasteiger partial charge is 0.478 e. The maximum atomic E-state index is 10.7. The molecule has 1 aromatic carbocycles. The molecule has 5 heteroatoms. The average molecular weight is 197 g/mol. The van der Waals surface area contributed by atoms with Crippen LogP contribution in [0.1, 0.15) is 10.4 Å². The van der Waals surface area contributed by atoms with E-state index in [0.717, 1.165) is 0 Å². The maximum Gasteiger partial charge on any atom is 0.337 e. The zero-order chi connectivity index (χ0) is 9.42. The Morgan fingerprint density at radius 2 is 2.31 bits per heavy atom. The van der Waals surface area contributed by atoms with Crippen molar-refractivity contribution in [2.24, 2.45) is 0 Å². The molecule has 0 saturated heterocycles. The number of nitrogens with zero attached hydrogens (tertiary/aromatic N) is 1. The van der Waals surface area contributed by atoms with Gasteiger partial charge >= 0.3 is 5.97 Å². The zero-order valence-corrected chi connectivity index (χ0v) is 7.17. The lowest BCUT2D eigenvalue weighted by atomic mass is 10.2. The number of nitrogens with one attached hydrogen (secondary N) is 1. The third-order valence-electron chi connectivity index (χ3n) is 1.71. The van der Waals surface area contributed by atoms with Gasteiger partial charge in [0.2, 0.25) is 5.28 Å². The van der Waals surface area contributed by atoms with E-state index in [1.54, 1.807) is 12.1 Å². The molecule has 0 unspecified atom stereocenters. The van der Waals surface area contributed by atoms with Crippen LogP contribution in [0.2, 0.25) is 5.28 Å². The summed E-state index contributed by atoms with van der Waals surface area (Å²) in [7, 11) is 0. The van der Waals surface area contributed by atoms with E-state index in [1.807, 2.05) is 0 Å². The smallest absolute Gasteiger partial charge is 0.337 e. The Kier molecular flexibility index (Phi) is 1.70. The Morgan fingerprint density at radius 3 is 3.00 bits per heavy atom. The Labute approximate surface area is 78.2 Å². The molecular weight excluding hydrogens is 192 g/mol. The van der Waals surface area contributed by atoms with Gasteiger partial charge in [-0.05, 0) is 23.7 Å². The third kappa shape index (κ3) is 1.25. The highest BCUT2D eigenvalue weighted by molar-refractivity contribution is 6.29. The molecule has 2 rings (SSSR count). The first-order valence-electron chi connectivity index (χ1n) is 3.56. The highest BCUT2D eigenvalue weighted by atomic mass is 35.5. The van der Waals surface area contributed by atoms with Crippen molar-refractivity contribution >= 4 is 28.6 Å². The van der Waals surface area contributed by atoms with E-state index in [1.165, 1.54) is 6.07 Å². The maximum absolute atomic E-state index is 10.7. The normalized spacial score (nSPS) is 10.5. The fourth-order valence-corrected chi connectivity index (χ4v) is 1.36. The number of fused-ring (bicyclic) bond motifs is 1. The molecule has 0 radical (unpaired) electrons. The summed E-state index contributed by atoms with van der Waals surface area (Å²) >= 11 is 5.60. The number of aromatic carboxylic acids is 1. The van der Waals surface area contributed by atoms with Crippen LogP contribution < -0.4 is 0 Å². The van der Waals surface area contributed by atoms with Gasteiger partial charge < -0.3 is 10.1 Å². The van der Waals surface area contributed by atoms with Crippen LogP contribution in [-0.4, -0.2) is 21.0 Å². The van der Waals surface area contributed by atoms with Crippen molar-refractivity contribution in [1.82, 2.24) is 9.97 Å². The summed E-state index contributed by atoms with van der Waals surface area (Å²) < 4.78 is 0. The van der Waals surface area contributed by atoms with Crippen molar-refractivity contribution in [1.29, 1.82) is 0 Å². The van der Waals surface area contributed by atoms with Gasteiger partial charge in [0.25, 0.3) is 0 Å². The van der Waals surface area contributed by atoms with E-state index in [2.05, 4.69) is 9.97 Å². The molecule has 0 amide bonds. The van der Waals surface area contributed by atoms with Crippen molar-refractivity contribution in [3.8, 4) is 0 Å². The Bertz CT molecular complexity index is 478. The number of aromatic amines is 1. The van der Waals surface area contributed by atoms with Gasteiger partial charge in [-0.15, -0.1) is 0 Å². The van der Waals surface area contributed by atoms with Crippen molar-refractivity contribution in [2.45, 2.75) is 0 Å².